The first kappa shape index (κ1) is 60.1. The van der Waals surface area contributed by atoms with Crippen molar-refractivity contribution in [3.63, 3.8) is 0 Å². The van der Waals surface area contributed by atoms with Crippen LogP contribution in [0.4, 0.5) is 34.1 Å². The Balaban J connectivity index is 0.913. The summed E-state index contributed by atoms with van der Waals surface area (Å²) in [6.07, 6.45) is 0. The lowest BCUT2D eigenvalue weighted by atomic mass is 9.85. The van der Waals surface area contributed by atoms with E-state index >= 15 is 0 Å². The maximum atomic E-state index is 3.79. The first-order chi connectivity index (χ1) is 44.5. The van der Waals surface area contributed by atoms with Crippen LogP contribution >= 0.6 is 31.9 Å². The van der Waals surface area contributed by atoms with Gasteiger partial charge in [-0.05, 0) is 219 Å². The van der Waals surface area contributed by atoms with Crippen LogP contribution in [0.3, 0.4) is 0 Å². The molecular formula is C86H77Br2N5. The average Bonchev–Trinajstić information content (AvgIpc) is 1.66. The number of anilines is 6. The van der Waals surface area contributed by atoms with E-state index in [-0.39, 0.29) is 21.7 Å². The zero-order chi connectivity index (χ0) is 64.6. The highest BCUT2D eigenvalue weighted by atomic mass is 79.9. The summed E-state index contributed by atoms with van der Waals surface area (Å²) in [5.41, 5.74) is 22.0. The summed E-state index contributed by atoms with van der Waals surface area (Å²) in [5.74, 6) is 0. The maximum Gasteiger partial charge on any atom is 0.0562 e. The van der Waals surface area contributed by atoms with Crippen molar-refractivity contribution >= 4 is 142 Å². The Hall–Kier alpha value is -9.14. The van der Waals surface area contributed by atoms with Gasteiger partial charge in [0.15, 0.2) is 0 Å². The standard InChI is InChI=1S/C86H77Br2N5/c1-83(2,3)54-27-42-76-71(47-54)72-48-55(84(4,5)6)28-43-77(72)92(76)65-23-16-21-63(51-65)89(61-35-31-58(87)32-36-61)67-39-40-70-81(53-67)91(60-19-14-13-15-20-60)80-46-41-68-69(82(70)80)25-18-26-75(68)90(62-37-33-59(88)34-38-62)64-22-17-24-66(52-64)93-78-44-29-56(85(7,8)9)49-73(78)74-50-57(86(10,11)12)30-45-79(74)93/h13-53H,1-12H3. The van der Waals surface area contributed by atoms with Crippen molar-refractivity contribution in [1.82, 2.24) is 13.7 Å². The third-order valence-corrected chi connectivity index (χ3v) is 20.2. The summed E-state index contributed by atoms with van der Waals surface area (Å²) >= 11 is 7.58. The van der Waals surface area contributed by atoms with Gasteiger partial charge in [-0.1, -0.05) is 194 Å². The van der Waals surface area contributed by atoms with Gasteiger partial charge in [0.2, 0.25) is 0 Å². The lowest BCUT2D eigenvalue weighted by molar-refractivity contribution is 0.590. The highest BCUT2D eigenvalue weighted by molar-refractivity contribution is 9.10. The first-order valence-electron chi connectivity index (χ1n) is 32.5. The number of halogens is 2. The Bertz CT molecular complexity index is 5300. The molecule has 15 aromatic rings. The minimum Gasteiger partial charge on any atom is -0.310 e. The fourth-order valence-electron chi connectivity index (χ4n) is 14.1. The SMILES string of the molecule is CC(C)(C)c1ccc2c(c1)c1cc(C(C)(C)C)ccc1n2-c1cccc(N(c2ccc(Br)cc2)c2ccc3c4c5cccc(N(c6ccc(Br)cc6)c6cccc(-n7c8ccc(C(C)(C)C)cc8c8cc(C(C)(C)C)ccc87)c6)c5ccc4n(-c4ccccc4)c3c2)c1. The molecule has 3 heterocycles. The normalized spacial score (nSPS) is 12.6. The molecule has 0 saturated heterocycles. The van der Waals surface area contributed by atoms with Crippen LogP contribution in [0.15, 0.2) is 258 Å². The van der Waals surface area contributed by atoms with E-state index in [0.29, 0.717) is 0 Å². The van der Waals surface area contributed by atoms with Crippen molar-refractivity contribution in [1.29, 1.82) is 0 Å². The summed E-state index contributed by atoms with van der Waals surface area (Å²) in [6.45, 7) is 27.7. The van der Waals surface area contributed by atoms with Crippen LogP contribution in [-0.4, -0.2) is 13.7 Å². The number of para-hydroxylation sites is 1. The maximum absolute atomic E-state index is 3.79. The predicted octanol–water partition coefficient (Wildman–Crippen LogP) is 25.8. The largest absolute Gasteiger partial charge is 0.310 e. The van der Waals surface area contributed by atoms with Crippen LogP contribution < -0.4 is 9.80 Å². The van der Waals surface area contributed by atoms with Crippen molar-refractivity contribution in [2.45, 2.75) is 105 Å². The fourth-order valence-corrected chi connectivity index (χ4v) is 14.6. The highest BCUT2D eigenvalue weighted by Gasteiger charge is 2.27. The summed E-state index contributed by atoms with van der Waals surface area (Å²) in [6, 6.07) is 93.5. The molecule has 0 saturated carbocycles. The third kappa shape index (κ3) is 10.5. The molecule has 460 valence electrons. The number of benzene rings is 12. The van der Waals surface area contributed by atoms with Crippen LogP contribution in [0.5, 0.6) is 0 Å². The number of hydrogen-bond donors (Lipinski definition) is 0. The van der Waals surface area contributed by atoms with E-state index in [4.69, 9.17) is 0 Å². The van der Waals surface area contributed by atoms with E-state index in [2.05, 4.69) is 387 Å². The van der Waals surface area contributed by atoms with Gasteiger partial charge in [-0.2, -0.15) is 0 Å². The van der Waals surface area contributed by atoms with Crippen LogP contribution in [-0.2, 0) is 21.7 Å². The molecular weight excluding hydrogens is 1260 g/mol. The molecule has 0 aliphatic rings. The summed E-state index contributed by atoms with van der Waals surface area (Å²) in [5, 5.41) is 9.79. The van der Waals surface area contributed by atoms with Crippen molar-refractivity contribution in [3.05, 3.63) is 280 Å². The Morgan fingerprint density at radius 2 is 0.613 bits per heavy atom. The van der Waals surface area contributed by atoms with Gasteiger partial charge in [0, 0.05) is 92.1 Å². The van der Waals surface area contributed by atoms with Crippen LogP contribution in [0, 0.1) is 0 Å². The summed E-state index contributed by atoms with van der Waals surface area (Å²) in [4.78, 5) is 4.86. The fraction of sp³-hybridized carbons (Fsp3) is 0.186. The van der Waals surface area contributed by atoms with Gasteiger partial charge >= 0.3 is 0 Å². The van der Waals surface area contributed by atoms with E-state index in [0.717, 1.165) is 76.6 Å². The molecule has 7 heteroatoms. The molecule has 0 unspecified atom stereocenters. The van der Waals surface area contributed by atoms with Gasteiger partial charge in [0.25, 0.3) is 0 Å². The Kier molecular flexibility index (Phi) is 14.4. The van der Waals surface area contributed by atoms with Crippen molar-refractivity contribution in [3.8, 4) is 17.1 Å². The monoisotopic (exact) mass is 1340 g/mol. The van der Waals surface area contributed by atoms with E-state index in [9.17, 15) is 0 Å². The summed E-state index contributed by atoms with van der Waals surface area (Å²) < 4.78 is 9.45. The number of rotatable bonds is 9. The topological polar surface area (TPSA) is 21.3 Å². The minimum atomic E-state index is -0.000319. The third-order valence-electron chi connectivity index (χ3n) is 19.1. The molecule has 0 amide bonds. The van der Waals surface area contributed by atoms with Gasteiger partial charge in [0.05, 0.1) is 38.8 Å². The molecule has 0 spiro atoms. The number of nitrogens with zero attached hydrogens (tertiary/aromatic N) is 5. The van der Waals surface area contributed by atoms with E-state index < -0.39 is 0 Å². The highest BCUT2D eigenvalue weighted by Crippen LogP contribution is 2.48. The minimum absolute atomic E-state index is 0.000249. The van der Waals surface area contributed by atoms with Gasteiger partial charge in [0.1, 0.15) is 0 Å². The second-order valence-corrected chi connectivity index (χ2v) is 31.3. The quantitative estimate of drug-likeness (QED) is 0.144. The number of aromatic nitrogens is 3. The molecule has 3 aromatic heterocycles. The van der Waals surface area contributed by atoms with Crippen molar-refractivity contribution in [2.24, 2.45) is 0 Å². The van der Waals surface area contributed by atoms with Gasteiger partial charge in [-0.15, -0.1) is 0 Å². The molecule has 15 rings (SSSR count). The molecule has 0 fully saturated rings. The first-order valence-corrected chi connectivity index (χ1v) is 34.1. The average molecular weight is 1340 g/mol. The lowest BCUT2D eigenvalue weighted by Crippen LogP contribution is -2.11. The molecule has 0 bridgehead atoms. The zero-order valence-electron chi connectivity index (χ0n) is 55.2. The molecule has 5 nitrogen and oxygen atoms in total. The van der Waals surface area contributed by atoms with Crippen LogP contribution in [0.2, 0.25) is 0 Å². The number of fused-ring (bicyclic) bond motifs is 11. The molecule has 0 aliphatic carbocycles. The van der Waals surface area contributed by atoms with E-state index in [1.807, 2.05) is 0 Å². The molecule has 93 heavy (non-hydrogen) atoms. The summed E-state index contributed by atoms with van der Waals surface area (Å²) in [7, 11) is 0. The molecule has 0 aliphatic heterocycles. The smallest absolute Gasteiger partial charge is 0.0562 e. The van der Waals surface area contributed by atoms with Gasteiger partial charge in [-0.3, -0.25) is 0 Å². The Morgan fingerprint density at radius 3 is 1.06 bits per heavy atom. The second-order valence-electron chi connectivity index (χ2n) is 29.5. The Morgan fingerprint density at radius 1 is 0.247 bits per heavy atom. The zero-order valence-corrected chi connectivity index (χ0v) is 58.3. The molecule has 0 atom stereocenters. The van der Waals surface area contributed by atoms with Crippen molar-refractivity contribution < 1.29 is 0 Å². The lowest BCUT2D eigenvalue weighted by Gasteiger charge is -2.28. The van der Waals surface area contributed by atoms with Crippen LogP contribution in [0.25, 0.3) is 93.3 Å². The molecule has 12 aromatic carbocycles. The van der Waals surface area contributed by atoms with Gasteiger partial charge in [-0.25, -0.2) is 0 Å². The van der Waals surface area contributed by atoms with Crippen LogP contribution in [0.1, 0.15) is 105 Å². The van der Waals surface area contributed by atoms with Gasteiger partial charge < -0.3 is 23.5 Å². The second kappa shape index (κ2) is 22.3. The number of hydrogen-bond acceptors (Lipinski definition) is 2. The van der Waals surface area contributed by atoms with E-state index in [1.54, 1.807) is 0 Å². The Labute approximate surface area is 563 Å². The van der Waals surface area contributed by atoms with E-state index in [1.165, 1.54) is 82.0 Å². The predicted molar refractivity (Wildman–Crippen MR) is 407 cm³/mol. The molecule has 0 radical (unpaired) electrons. The van der Waals surface area contributed by atoms with Crippen molar-refractivity contribution in [2.75, 3.05) is 9.80 Å². The molecule has 0 N–H and O–H groups in total.